The molecule has 0 amide bonds. The molecule has 1 saturated carbocycles. The van der Waals surface area contributed by atoms with Gasteiger partial charge in [0.15, 0.2) is 6.29 Å². The molecule has 2 fully saturated rings. The van der Waals surface area contributed by atoms with Gasteiger partial charge in [-0.15, -0.1) is 0 Å². The minimum absolute atomic E-state index is 0.0962. The second kappa shape index (κ2) is 7.79. The van der Waals surface area contributed by atoms with Gasteiger partial charge in [-0.3, -0.25) is 0 Å². The zero-order chi connectivity index (χ0) is 15.3. The average molecular weight is 310 g/mol. The molecule has 1 saturated heterocycles. The SMILES string of the molecule is COC1CCC(C2OCC(CCCC(F)(F)F)CO2)CC1. The maximum Gasteiger partial charge on any atom is 0.389 e. The van der Waals surface area contributed by atoms with Crippen molar-refractivity contribution in [3.63, 3.8) is 0 Å². The fourth-order valence-corrected chi connectivity index (χ4v) is 3.18. The molecule has 0 spiro atoms. The topological polar surface area (TPSA) is 27.7 Å². The molecule has 0 unspecified atom stereocenters. The summed E-state index contributed by atoms with van der Waals surface area (Å²) < 4.78 is 53.1. The summed E-state index contributed by atoms with van der Waals surface area (Å²) in [6.07, 6.45) is 0.185. The lowest BCUT2D eigenvalue weighted by Crippen LogP contribution is -2.39. The summed E-state index contributed by atoms with van der Waals surface area (Å²) in [6, 6.07) is 0. The zero-order valence-electron chi connectivity index (χ0n) is 12.5. The molecule has 2 rings (SSSR count). The number of rotatable bonds is 5. The molecule has 0 aromatic carbocycles. The fourth-order valence-electron chi connectivity index (χ4n) is 3.18. The predicted molar refractivity (Wildman–Crippen MR) is 71.8 cm³/mol. The smallest absolute Gasteiger partial charge is 0.381 e. The first-order valence-corrected chi connectivity index (χ1v) is 7.80. The molecule has 1 aliphatic carbocycles. The summed E-state index contributed by atoms with van der Waals surface area (Å²) in [4.78, 5) is 0. The number of ether oxygens (including phenoxy) is 3. The third-order valence-corrected chi connectivity index (χ3v) is 4.50. The summed E-state index contributed by atoms with van der Waals surface area (Å²) in [7, 11) is 1.74. The van der Waals surface area contributed by atoms with Crippen molar-refractivity contribution in [2.75, 3.05) is 20.3 Å². The molecule has 21 heavy (non-hydrogen) atoms. The molecule has 0 bridgehead atoms. The van der Waals surface area contributed by atoms with Crippen LogP contribution in [-0.4, -0.2) is 38.9 Å². The van der Waals surface area contributed by atoms with Crippen LogP contribution in [0, 0.1) is 11.8 Å². The van der Waals surface area contributed by atoms with Crippen molar-refractivity contribution in [3.8, 4) is 0 Å². The third kappa shape index (κ3) is 5.75. The Morgan fingerprint density at radius 3 is 2.19 bits per heavy atom. The quantitative estimate of drug-likeness (QED) is 0.770. The number of alkyl halides is 3. The Labute approximate surface area is 124 Å². The highest BCUT2D eigenvalue weighted by atomic mass is 19.4. The van der Waals surface area contributed by atoms with E-state index in [-0.39, 0.29) is 18.6 Å². The van der Waals surface area contributed by atoms with Gasteiger partial charge in [-0.2, -0.15) is 13.2 Å². The summed E-state index contributed by atoms with van der Waals surface area (Å²) in [6.45, 7) is 1.04. The van der Waals surface area contributed by atoms with E-state index in [9.17, 15) is 13.2 Å². The van der Waals surface area contributed by atoms with E-state index in [0.717, 1.165) is 25.7 Å². The molecule has 0 radical (unpaired) electrons. The number of hydrogen-bond acceptors (Lipinski definition) is 3. The van der Waals surface area contributed by atoms with Gasteiger partial charge in [-0.1, -0.05) is 0 Å². The molecule has 3 nitrogen and oxygen atoms in total. The van der Waals surface area contributed by atoms with E-state index in [1.165, 1.54) is 0 Å². The molecular formula is C15H25F3O3. The zero-order valence-corrected chi connectivity index (χ0v) is 12.5. The second-order valence-corrected chi connectivity index (χ2v) is 6.18. The summed E-state index contributed by atoms with van der Waals surface area (Å²) in [5.41, 5.74) is 0. The highest BCUT2D eigenvalue weighted by Gasteiger charge is 2.33. The van der Waals surface area contributed by atoms with Crippen LogP contribution < -0.4 is 0 Å². The van der Waals surface area contributed by atoms with Crippen LogP contribution in [0.5, 0.6) is 0 Å². The first-order chi connectivity index (χ1) is 9.98. The lowest BCUT2D eigenvalue weighted by atomic mass is 9.86. The Morgan fingerprint density at radius 2 is 1.67 bits per heavy atom. The van der Waals surface area contributed by atoms with Crippen LogP contribution in [0.25, 0.3) is 0 Å². The molecule has 0 aromatic rings. The Hall–Kier alpha value is -0.330. The first kappa shape index (κ1) is 17.0. The lowest BCUT2D eigenvalue weighted by molar-refractivity contribution is -0.231. The lowest BCUT2D eigenvalue weighted by Gasteiger charge is -2.37. The molecule has 6 heteroatoms. The molecule has 0 atom stereocenters. The molecule has 1 aliphatic heterocycles. The van der Waals surface area contributed by atoms with Gasteiger partial charge in [0.25, 0.3) is 0 Å². The summed E-state index contributed by atoms with van der Waals surface area (Å²) in [5, 5.41) is 0. The van der Waals surface area contributed by atoms with E-state index >= 15 is 0 Å². The number of hydrogen-bond donors (Lipinski definition) is 0. The minimum Gasteiger partial charge on any atom is -0.381 e. The van der Waals surface area contributed by atoms with Crippen molar-refractivity contribution in [2.24, 2.45) is 11.8 Å². The van der Waals surface area contributed by atoms with Gasteiger partial charge in [0, 0.05) is 25.4 Å². The second-order valence-electron chi connectivity index (χ2n) is 6.18. The normalized spacial score (nSPS) is 34.9. The van der Waals surface area contributed by atoms with E-state index < -0.39 is 12.6 Å². The van der Waals surface area contributed by atoms with Crippen LogP contribution in [0.4, 0.5) is 13.2 Å². The van der Waals surface area contributed by atoms with Gasteiger partial charge in [-0.05, 0) is 38.5 Å². The summed E-state index contributed by atoms with van der Waals surface area (Å²) >= 11 is 0. The highest BCUT2D eigenvalue weighted by molar-refractivity contribution is 4.77. The maximum atomic E-state index is 12.1. The average Bonchev–Trinajstić information content (AvgIpc) is 2.47. The molecule has 124 valence electrons. The van der Waals surface area contributed by atoms with Gasteiger partial charge in [0.1, 0.15) is 0 Å². The molecule has 0 aromatic heterocycles. The Bertz CT molecular complexity index is 293. The molecule has 2 aliphatic rings. The standard InChI is InChI=1S/C15H25F3O3/c1-19-13-6-4-12(5-7-13)14-20-9-11(10-21-14)3-2-8-15(16,17)18/h11-14H,2-10H2,1H3. The van der Waals surface area contributed by atoms with Crippen molar-refractivity contribution in [3.05, 3.63) is 0 Å². The Morgan fingerprint density at radius 1 is 1.05 bits per heavy atom. The van der Waals surface area contributed by atoms with Crippen LogP contribution >= 0.6 is 0 Å². The van der Waals surface area contributed by atoms with E-state index in [0.29, 0.717) is 31.7 Å². The van der Waals surface area contributed by atoms with Crippen LogP contribution in [-0.2, 0) is 14.2 Å². The number of methoxy groups -OCH3 is 1. The summed E-state index contributed by atoms with van der Waals surface area (Å²) in [5.74, 6) is 0.492. The van der Waals surface area contributed by atoms with Crippen LogP contribution in [0.3, 0.4) is 0 Å². The predicted octanol–water partition coefficient (Wildman–Crippen LogP) is 3.91. The van der Waals surface area contributed by atoms with E-state index in [4.69, 9.17) is 14.2 Å². The molecule has 0 N–H and O–H groups in total. The van der Waals surface area contributed by atoms with E-state index in [1.54, 1.807) is 7.11 Å². The van der Waals surface area contributed by atoms with Crippen molar-refractivity contribution >= 4 is 0 Å². The van der Waals surface area contributed by atoms with Gasteiger partial charge >= 0.3 is 6.18 Å². The van der Waals surface area contributed by atoms with Gasteiger partial charge < -0.3 is 14.2 Å². The van der Waals surface area contributed by atoms with Crippen molar-refractivity contribution in [2.45, 2.75) is 63.5 Å². The maximum absolute atomic E-state index is 12.1. The minimum atomic E-state index is -4.06. The first-order valence-electron chi connectivity index (χ1n) is 7.80. The van der Waals surface area contributed by atoms with Crippen molar-refractivity contribution < 1.29 is 27.4 Å². The Balaban J connectivity index is 1.62. The van der Waals surface area contributed by atoms with E-state index in [2.05, 4.69) is 0 Å². The largest absolute Gasteiger partial charge is 0.389 e. The van der Waals surface area contributed by atoms with Crippen LogP contribution in [0.1, 0.15) is 44.9 Å². The van der Waals surface area contributed by atoms with Crippen LogP contribution in [0.2, 0.25) is 0 Å². The molecular weight excluding hydrogens is 285 g/mol. The van der Waals surface area contributed by atoms with Gasteiger partial charge in [0.05, 0.1) is 19.3 Å². The van der Waals surface area contributed by atoms with Gasteiger partial charge in [-0.25, -0.2) is 0 Å². The van der Waals surface area contributed by atoms with Crippen molar-refractivity contribution in [1.82, 2.24) is 0 Å². The van der Waals surface area contributed by atoms with Gasteiger partial charge in [0.2, 0.25) is 0 Å². The third-order valence-electron chi connectivity index (χ3n) is 4.50. The fraction of sp³-hybridized carbons (Fsp3) is 1.00. The van der Waals surface area contributed by atoms with Crippen LogP contribution in [0.15, 0.2) is 0 Å². The molecule has 1 heterocycles. The van der Waals surface area contributed by atoms with Crippen molar-refractivity contribution in [1.29, 1.82) is 0 Å². The van der Waals surface area contributed by atoms with E-state index in [1.807, 2.05) is 0 Å². The Kier molecular flexibility index (Phi) is 6.32. The monoisotopic (exact) mass is 310 g/mol. The highest BCUT2D eigenvalue weighted by Crippen LogP contribution is 2.33. The number of halogens is 3.